The molecule has 2 fully saturated rings. The number of carbonyl (C=O) groups excluding carboxylic acids is 1. The first kappa shape index (κ1) is 16.2. The predicted octanol–water partition coefficient (Wildman–Crippen LogP) is 3.19. The number of alkyl halides is 3. The number of hydrogen-bond donors (Lipinski definition) is 0. The largest absolute Gasteiger partial charge is 0.433 e. The summed E-state index contributed by atoms with van der Waals surface area (Å²) in [6, 6.07) is 2.13. The van der Waals surface area contributed by atoms with Crippen molar-refractivity contribution in [3.05, 3.63) is 29.1 Å². The molecular weight excluding hydrogens is 309 g/mol. The minimum atomic E-state index is -4.50. The first-order valence-electron chi connectivity index (χ1n) is 7.85. The molecule has 1 saturated carbocycles. The number of fused-ring (bicyclic) bond motifs is 1. The van der Waals surface area contributed by atoms with E-state index < -0.39 is 11.9 Å². The fourth-order valence-electron chi connectivity index (χ4n) is 3.45. The van der Waals surface area contributed by atoms with Gasteiger partial charge in [-0.2, -0.15) is 13.2 Å². The molecule has 1 aliphatic heterocycles. The summed E-state index contributed by atoms with van der Waals surface area (Å²) in [7, 11) is 0. The van der Waals surface area contributed by atoms with Gasteiger partial charge in [-0.05, 0) is 31.9 Å². The van der Waals surface area contributed by atoms with Crippen LogP contribution in [0.3, 0.4) is 0 Å². The summed E-state index contributed by atoms with van der Waals surface area (Å²) in [6.45, 7) is 2.39. The molecule has 0 N–H and O–H groups in total. The fourth-order valence-corrected chi connectivity index (χ4v) is 3.45. The standard InChI is InChI=1S/C16H19F3N2O2/c1-10-11(6-7-14(20-10)16(17,18)19)15(22)21-8-9-23-13-5-3-2-4-12(13)21/h6-7,12-13H,2-5,8-9H2,1H3. The van der Waals surface area contributed by atoms with Crippen molar-refractivity contribution in [3.8, 4) is 0 Å². The average molecular weight is 328 g/mol. The topological polar surface area (TPSA) is 42.4 Å². The number of halogens is 3. The van der Waals surface area contributed by atoms with E-state index >= 15 is 0 Å². The van der Waals surface area contributed by atoms with Crippen LogP contribution in [0.1, 0.15) is 47.4 Å². The fraction of sp³-hybridized carbons (Fsp3) is 0.625. The van der Waals surface area contributed by atoms with Crippen molar-refractivity contribution in [2.24, 2.45) is 0 Å². The molecule has 7 heteroatoms. The van der Waals surface area contributed by atoms with Crippen molar-refractivity contribution in [1.29, 1.82) is 0 Å². The third-order valence-corrected chi connectivity index (χ3v) is 4.60. The third-order valence-electron chi connectivity index (χ3n) is 4.60. The maximum absolute atomic E-state index is 12.8. The van der Waals surface area contributed by atoms with Crippen LogP contribution in [0.25, 0.3) is 0 Å². The zero-order chi connectivity index (χ0) is 16.6. The minimum Gasteiger partial charge on any atom is -0.374 e. The van der Waals surface area contributed by atoms with Crippen LogP contribution in [-0.2, 0) is 10.9 Å². The Kier molecular flexibility index (Phi) is 4.31. The van der Waals surface area contributed by atoms with E-state index in [1.807, 2.05) is 0 Å². The Bertz CT molecular complexity index is 601. The Labute approximate surface area is 132 Å². The molecule has 2 heterocycles. The molecule has 1 aromatic heterocycles. The lowest BCUT2D eigenvalue weighted by atomic mass is 9.89. The van der Waals surface area contributed by atoms with Crippen molar-refractivity contribution in [1.82, 2.24) is 9.88 Å². The number of carbonyl (C=O) groups is 1. The van der Waals surface area contributed by atoms with Crippen molar-refractivity contribution in [2.45, 2.75) is 50.9 Å². The van der Waals surface area contributed by atoms with E-state index in [0.29, 0.717) is 13.2 Å². The Hall–Kier alpha value is -1.63. The second-order valence-electron chi connectivity index (χ2n) is 6.09. The molecule has 0 spiro atoms. The van der Waals surface area contributed by atoms with Crippen molar-refractivity contribution >= 4 is 5.91 Å². The Balaban J connectivity index is 1.85. The van der Waals surface area contributed by atoms with Crippen LogP contribution < -0.4 is 0 Å². The Morgan fingerprint density at radius 2 is 2.04 bits per heavy atom. The van der Waals surface area contributed by atoms with Crippen LogP contribution >= 0.6 is 0 Å². The molecule has 2 atom stereocenters. The van der Waals surface area contributed by atoms with Gasteiger partial charge in [0, 0.05) is 6.54 Å². The zero-order valence-corrected chi connectivity index (χ0v) is 12.9. The molecule has 2 aliphatic rings. The smallest absolute Gasteiger partial charge is 0.374 e. The predicted molar refractivity (Wildman–Crippen MR) is 77.0 cm³/mol. The highest BCUT2D eigenvalue weighted by molar-refractivity contribution is 5.95. The number of morpholine rings is 1. The number of hydrogen-bond acceptors (Lipinski definition) is 3. The first-order valence-corrected chi connectivity index (χ1v) is 7.85. The van der Waals surface area contributed by atoms with Crippen LogP contribution in [0.4, 0.5) is 13.2 Å². The molecule has 4 nitrogen and oxygen atoms in total. The summed E-state index contributed by atoms with van der Waals surface area (Å²) in [5.41, 5.74) is -0.614. The molecule has 3 rings (SSSR count). The van der Waals surface area contributed by atoms with Crippen molar-refractivity contribution in [2.75, 3.05) is 13.2 Å². The molecule has 2 unspecified atom stereocenters. The Morgan fingerprint density at radius 1 is 1.30 bits per heavy atom. The molecule has 1 amide bonds. The van der Waals surface area contributed by atoms with Crippen LogP contribution in [0.5, 0.6) is 0 Å². The first-order chi connectivity index (χ1) is 10.9. The maximum atomic E-state index is 12.8. The van der Waals surface area contributed by atoms with E-state index in [-0.39, 0.29) is 29.3 Å². The van der Waals surface area contributed by atoms with E-state index in [9.17, 15) is 18.0 Å². The highest BCUT2D eigenvalue weighted by Gasteiger charge is 2.38. The van der Waals surface area contributed by atoms with E-state index in [0.717, 1.165) is 31.7 Å². The van der Waals surface area contributed by atoms with E-state index in [1.165, 1.54) is 13.0 Å². The molecule has 23 heavy (non-hydrogen) atoms. The van der Waals surface area contributed by atoms with Gasteiger partial charge in [0.1, 0.15) is 5.69 Å². The van der Waals surface area contributed by atoms with Crippen LogP contribution in [0, 0.1) is 6.92 Å². The molecule has 126 valence electrons. The number of ether oxygens (including phenoxy) is 1. The summed E-state index contributed by atoms with van der Waals surface area (Å²) in [4.78, 5) is 18.1. The molecule has 0 aromatic carbocycles. The van der Waals surface area contributed by atoms with Gasteiger partial charge < -0.3 is 9.64 Å². The van der Waals surface area contributed by atoms with Gasteiger partial charge in [0.15, 0.2) is 0 Å². The summed E-state index contributed by atoms with van der Waals surface area (Å²) in [5.74, 6) is -0.246. The molecular formula is C16H19F3N2O2. The van der Waals surface area contributed by atoms with E-state index in [4.69, 9.17) is 4.74 Å². The maximum Gasteiger partial charge on any atom is 0.433 e. The minimum absolute atomic E-state index is 0.0201. The van der Waals surface area contributed by atoms with Crippen LogP contribution in [0.2, 0.25) is 0 Å². The molecule has 1 aliphatic carbocycles. The van der Waals surface area contributed by atoms with E-state index in [2.05, 4.69) is 4.98 Å². The average Bonchev–Trinajstić information content (AvgIpc) is 2.53. The van der Waals surface area contributed by atoms with Crippen molar-refractivity contribution < 1.29 is 22.7 Å². The second kappa shape index (κ2) is 6.11. The Morgan fingerprint density at radius 3 is 2.74 bits per heavy atom. The summed E-state index contributed by atoms with van der Waals surface area (Å²) in [6.07, 6.45) is -0.519. The summed E-state index contributed by atoms with van der Waals surface area (Å²) in [5, 5.41) is 0. The number of rotatable bonds is 1. The lowest BCUT2D eigenvalue weighted by Crippen LogP contribution is -2.55. The normalized spacial score (nSPS) is 25.1. The van der Waals surface area contributed by atoms with Crippen LogP contribution in [0.15, 0.2) is 12.1 Å². The van der Waals surface area contributed by atoms with Gasteiger partial charge in [-0.15, -0.1) is 0 Å². The number of amides is 1. The van der Waals surface area contributed by atoms with Gasteiger partial charge >= 0.3 is 6.18 Å². The highest BCUT2D eigenvalue weighted by atomic mass is 19.4. The van der Waals surface area contributed by atoms with Gasteiger partial charge in [0.2, 0.25) is 0 Å². The lowest BCUT2D eigenvalue weighted by Gasteiger charge is -2.43. The SMILES string of the molecule is Cc1nc(C(F)(F)F)ccc1C(=O)N1CCOC2CCCCC21. The van der Waals surface area contributed by atoms with Gasteiger partial charge in [-0.1, -0.05) is 12.8 Å². The summed E-state index contributed by atoms with van der Waals surface area (Å²) >= 11 is 0. The highest BCUT2D eigenvalue weighted by Crippen LogP contribution is 2.31. The number of pyridine rings is 1. The van der Waals surface area contributed by atoms with Gasteiger partial charge in [-0.3, -0.25) is 4.79 Å². The molecule has 1 saturated heterocycles. The lowest BCUT2D eigenvalue weighted by molar-refractivity contribution is -0.141. The van der Waals surface area contributed by atoms with Gasteiger partial charge in [-0.25, -0.2) is 4.98 Å². The van der Waals surface area contributed by atoms with Gasteiger partial charge in [0.25, 0.3) is 5.91 Å². The number of nitrogens with zero attached hydrogens (tertiary/aromatic N) is 2. The molecule has 0 radical (unpaired) electrons. The van der Waals surface area contributed by atoms with Gasteiger partial charge in [0.05, 0.1) is 30.0 Å². The zero-order valence-electron chi connectivity index (χ0n) is 12.9. The number of aryl methyl sites for hydroxylation is 1. The molecule has 1 aromatic rings. The summed E-state index contributed by atoms with van der Waals surface area (Å²) < 4.78 is 43.8. The van der Waals surface area contributed by atoms with Crippen molar-refractivity contribution in [3.63, 3.8) is 0 Å². The quantitative estimate of drug-likeness (QED) is 0.795. The monoisotopic (exact) mass is 328 g/mol. The van der Waals surface area contributed by atoms with Crippen LogP contribution in [-0.4, -0.2) is 41.1 Å². The molecule has 0 bridgehead atoms. The second-order valence-corrected chi connectivity index (χ2v) is 6.09. The number of aromatic nitrogens is 1. The van der Waals surface area contributed by atoms with E-state index in [1.54, 1.807) is 4.90 Å². The third kappa shape index (κ3) is 3.20.